The molecule has 1 heterocycles. The van der Waals surface area contributed by atoms with Crippen LogP contribution >= 0.6 is 0 Å². The Morgan fingerprint density at radius 1 is 1.42 bits per heavy atom. The molecule has 0 bridgehead atoms. The van der Waals surface area contributed by atoms with Gasteiger partial charge in [0.1, 0.15) is 12.4 Å². The van der Waals surface area contributed by atoms with Gasteiger partial charge < -0.3 is 14.2 Å². The zero-order chi connectivity index (χ0) is 13.8. The van der Waals surface area contributed by atoms with Crippen LogP contribution in [0.4, 0.5) is 5.69 Å². The number of carbonyl (C=O) groups excluding carboxylic acids is 1. The number of hydrogen-bond donors (Lipinski definition) is 0. The zero-order valence-corrected chi connectivity index (χ0v) is 10.3. The largest absolute Gasteiger partial charge is 0.490 e. The quantitative estimate of drug-likeness (QED) is 0.464. The third-order valence-electron chi connectivity index (χ3n) is 2.63. The number of esters is 1. The van der Waals surface area contributed by atoms with Crippen LogP contribution in [0.15, 0.2) is 24.3 Å². The van der Waals surface area contributed by atoms with Crippen LogP contribution in [0.25, 0.3) is 0 Å². The van der Waals surface area contributed by atoms with Gasteiger partial charge in [0.2, 0.25) is 0 Å². The summed E-state index contributed by atoms with van der Waals surface area (Å²) in [6, 6.07) is 5.68. The van der Waals surface area contributed by atoms with E-state index < -0.39 is 23.1 Å². The number of benzene rings is 1. The zero-order valence-electron chi connectivity index (χ0n) is 10.3. The number of nitrogens with zero attached hydrogens (tertiary/aromatic N) is 1. The molecule has 0 radical (unpaired) electrons. The van der Waals surface area contributed by atoms with Gasteiger partial charge in [0.25, 0.3) is 5.69 Å². The summed E-state index contributed by atoms with van der Waals surface area (Å²) in [4.78, 5) is 21.2. The van der Waals surface area contributed by atoms with Crippen LogP contribution in [0.3, 0.4) is 0 Å². The number of hydrogen-bond acceptors (Lipinski definition) is 6. The van der Waals surface area contributed by atoms with Crippen LogP contribution in [0.2, 0.25) is 0 Å². The minimum atomic E-state index is -0.546. The molecular weight excluding hydrogens is 254 g/mol. The molecule has 102 valence electrons. The molecule has 7 heteroatoms. The summed E-state index contributed by atoms with van der Waals surface area (Å²) in [6.07, 6.45) is -1.01. The molecule has 1 aromatic rings. The smallest absolute Gasteiger partial charge is 0.335 e. The molecule has 0 aromatic heterocycles. The highest BCUT2D eigenvalue weighted by molar-refractivity contribution is 5.74. The van der Waals surface area contributed by atoms with E-state index >= 15 is 0 Å². The maximum absolute atomic E-state index is 11.3. The maximum atomic E-state index is 11.3. The molecule has 2 rings (SSSR count). The molecular formula is C12H13NO6. The van der Waals surface area contributed by atoms with E-state index in [1.807, 2.05) is 0 Å². The molecule has 1 saturated heterocycles. The summed E-state index contributed by atoms with van der Waals surface area (Å²) >= 11 is 0. The summed E-state index contributed by atoms with van der Waals surface area (Å²) in [5, 5.41) is 10.5. The average molecular weight is 267 g/mol. The molecule has 1 aliphatic heterocycles. The standard InChI is InChI=1S/C12H13NO6/c1-8-12(14)19-11(6-17-8)7-18-10-4-2-9(3-5-10)13(15)16/h2-5,8,11H,6-7H2,1H3/t8-,11-/m0/s1. The Bertz CT molecular complexity index is 472. The van der Waals surface area contributed by atoms with Gasteiger partial charge in [-0.3, -0.25) is 10.1 Å². The Hall–Kier alpha value is -2.15. The Morgan fingerprint density at radius 3 is 2.68 bits per heavy atom. The topological polar surface area (TPSA) is 87.9 Å². The van der Waals surface area contributed by atoms with Crippen LogP contribution in [0.1, 0.15) is 6.92 Å². The normalized spacial score (nSPS) is 22.7. The fraction of sp³-hybridized carbons (Fsp3) is 0.417. The molecule has 19 heavy (non-hydrogen) atoms. The van der Waals surface area contributed by atoms with Crippen molar-refractivity contribution in [2.45, 2.75) is 19.1 Å². The molecule has 1 fully saturated rings. The lowest BCUT2D eigenvalue weighted by atomic mass is 10.3. The molecule has 1 aliphatic rings. The number of carbonyl (C=O) groups is 1. The van der Waals surface area contributed by atoms with Crippen LogP contribution in [0, 0.1) is 10.1 Å². The van der Waals surface area contributed by atoms with Gasteiger partial charge in [0.15, 0.2) is 12.2 Å². The minimum Gasteiger partial charge on any atom is -0.490 e. The minimum absolute atomic E-state index is 0.00592. The van der Waals surface area contributed by atoms with Gasteiger partial charge in [-0.15, -0.1) is 0 Å². The maximum Gasteiger partial charge on any atom is 0.335 e. The monoisotopic (exact) mass is 267 g/mol. The molecule has 7 nitrogen and oxygen atoms in total. The number of nitro benzene ring substituents is 1. The summed E-state index contributed by atoms with van der Waals surface area (Å²) in [5.74, 6) is 0.0591. The van der Waals surface area contributed by atoms with Gasteiger partial charge in [0, 0.05) is 12.1 Å². The van der Waals surface area contributed by atoms with E-state index in [9.17, 15) is 14.9 Å². The first-order valence-electron chi connectivity index (χ1n) is 5.75. The van der Waals surface area contributed by atoms with Crippen molar-refractivity contribution in [3.63, 3.8) is 0 Å². The van der Waals surface area contributed by atoms with E-state index in [0.29, 0.717) is 5.75 Å². The van der Waals surface area contributed by atoms with Crippen molar-refractivity contribution < 1.29 is 23.9 Å². The Balaban J connectivity index is 1.85. The van der Waals surface area contributed by atoms with Crippen molar-refractivity contribution >= 4 is 11.7 Å². The van der Waals surface area contributed by atoms with Gasteiger partial charge in [-0.1, -0.05) is 0 Å². The fourth-order valence-corrected chi connectivity index (χ4v) is 1.55. The van der Waals surface area contributed by atoms with Crippen molar-refractivity contribution in [3.05, 3.63) is 34.4 Å². The summed E-state index contributed by atoms with van der Waals surface area (Å²) in [5.41, 5.74) is -0.00592. The molecule has 2 atom stereocenters. The number of cyclic esters (lactones) is 1. The van der Waals surface area contributed by atoms with Crippen LogP contribution < -0.4 is 4.74 Å². The second-order valence-corrected chi connectivity index (χ2v) is 4.10. The summed E-state index contributed by atoms with van der Waals surface area (Å²) in [7, 11) is 0. The Labute approximate surface area is 109 Å². The van der Waals surface area contributed by atoms with Crippen molar-refractivity contribution in [2.24, 2.45) is 0 Å². The van der Waals surface area contributed by atoms with Crippen molar-refractivity contribution in [2.75, 3.05) is 13.2 Å². The van der Waals surface area contributed by atoms with E-state index in [-0.39, 0.29) is 18.9 Å². The molecule has 0 spiro atoms. The van der Waals surface area contributed by atoms with Gasteiger partial charge in [-0.2, -0.15) is 0 Å². The third-order valence-corrected chi connectivity index (χ3v) is 2.63. The predicted molar refractivity (Wildman–Crippen MR) is 63.9 cm³/mol. The first-order chi connectivity index (χ1) is 9.06. The van der Waals surface area contributed by atoms with E-state index in [4.69, 9.17) is 14.2 Å². The number of non-ortho nitro benzene ring substituents is 1. The molecule has 0 saturated carbocycles. The second kappa shape index (κ2) is 5.66. The van der Waals surface area contributed by atoms with E-state index in [2.05, 4.69) is 0 Å². The fourth-order valence-electron chi connectivity index (χ4n) is 1.55. The first-order valence-corrected chi connectivity index (χ1v) is 5.75. The molecule has 0 unspecified atom stereocenters. The third kappa shape index (κ3) is 3.41. The predicted octanol–water partition coefficient (Wildman–Crippen LogP) is 1.30. The van der Waals surface area contributed by atoms with E-state index in [1.165, 1.54) is 24.3 Å². The molecule has 0 aliphatic carbocycles. The summed E-state index contributed by atoms with van der Waals surface area (Å²) in [6.45, 7) is 2.05. The highest BCUT2D eigenvalue weighted by atomic mass is 16.6. The van der Waals surface area contributed by atoms with Crippen LogP contribution in [-0.2, 0) is 14.3 Å². The Morgan fingerprint density at radius 2 is 2.11 bits per heavy atom. The van der Waals surface area contributed by atoms with Crippen LogP contribution in [0.5, 0.6) is 5.75 Å². The SMILES string of the molecule is C[C@@H]1OC[C@@H](COc2ccc([N+](=O)[O-])cc2)OC1=O. The number of rotatable bonds is 4. The van der Waals surface area contributed by atoms with Gasteiger partial charge in [-0.25, -0.2) is 4.79 Å². The molecule has 1 aromatic carbocycles. The van der Waals surface area contributed by atoms with Gasteiger partial charge in [0.05, 0.1) is 11.5 Å². The van der Waals surface area contributed by atoms with Gasteiger partial charge >= 0.3 is 5.97 Å². The highest BCUT2D eigenvalue weighted by Gasteiger charge is 2.27. The van der Waals surface area contributed by atoms with Gasteiger partial charge in [-0.05, 0) is 19.1 Å². The van der Waals surface area contributed by atoms with Crippen LogP contribution in [-0.4, -0.2) is 36.3 Å². The average Bonchev–Trinajstić information content (AvgIpc) is 2.40. The lowest BCUT2D eigenvalue weighted by Gasteiger charge is -2.26. The van der Waals surface area contributed by atoms with Crippen molar-refractivity contribution in [1.29, 1.82) is 0 Å². The van der Waals surface area contributed by atoms with E-state index in [1.54, 1.807) is 6.92 Å². The molecule has 0 amide bonds. The lowest BCUT2D eigenvalue weighted by molar-refractivity contribution is -0.384. The van der Waals surface area contributed by atoms with E-state index in [0.717, 1.165) is 0 Å². The molecule has 0 N–H and O–H groups in total. The van der Waals surface area contributed by atoms with Crippen molar-refractivity contribution in [3.8, 4) is 5.75 Å². The Kier molecular flexibility index (Phi) is 3.96. The first kappa shape index (κ1) is 13.3. The number of nitro groups is 1. The highest BCUT2D eigenvalue weighted by Crippen LogP contribution is 2.18. The lowest BCUT2D eigenvalue weighted by Crippen LogP contribution is -2.41. The summed E-state index contributed by atoms with van der Waals surface area (Å²) < 4.78 is 15.7. The van der Waals surface area contributed by atoms with Crippen molar-refractivity contribution in [1.82, 2.24) is 0 Å². The second-order valence-electron chi connectivity index (χ2n) is 4.10. The number of ether oxygens (including phenoxy) is 3.